The molecule has 0 bridgehead atoms. The highest BCUT2D eigenvalue weighted by molar-refractivity contribution is 9.10. The summed E-state index contributed by atoms with van der Waals surface area (Å²) in [7, 11) is -3.45. The van der Waals surface area contributed by atoms with Gasteiger partial charge in [0.2, 0.25) is 5.91 Å². The highest BCUT2D eigenvalue weighted by atomic mass is 79.9. The van der Waals surface area contributed by atoms with Crippen LogP contribution in [0.25, 0.3) is 0 Å². The Labute approximate surface area is 152 Å². The summed E-state index contributed by atoms with van der Waals surface area (Å²) in [5, 5.41) is 5.98. The summed E-state index contributed by atoms with van der Waals surface area (Å²) < 4.78 is 24.9. The van der Waals surface area contributed by atoms with Crippen molar-refractivity contribution < 1.29 is 13.2 Å². The molecule has 1 aromatic carbocycles. The first-order chi connectivity index (χ1) is 10.4. The maximum atomic E-state index is 12.1. The van der Waals surface area contributed by atoms with Gasteiger partial charge in [-0.15, -0.1) is 12.4 Å². The SMILES string of the molecule is Cl.O=C(CS(=O)(=O)Cc1cccc(Br)c1)NCCC1CCNC1. The smallest absolute Gasteiger partial charge is 0.235 e. The second kappa shape index (κ2) is 9.61. The molecule has 0 spiro atoms. The molecular formula is C15H22BrClN2O3S. The van der Waals surface area contributed by atoms with Crippen molar-refractivity contribution in [2.75, 3.05) is 25.4 Å². The molecule has 2 rings (SSSR count). The van der Waals surface area contributed by atoms with Gasteiger partial charge in [-0.3, -0.25) is 4.79 Å². The van der Waals surface area contributed by atoms with E-state index in [0.717, 1.165) is 30.4 Å². The van der Waals surface area contributed by atoms with Crippen LogP contribution in [0, 0.1) is 5.92 Å². The van der Waals surface area contributed by atoms with Crippen molar-refractivity contribution in [1.29, 1.82) is 0 Å². The van der Waals surface area contributed by atoms with Crippen molar-refractivity contribution in [2.24, 2.45) is 5.92 Å². The number of nitrogens with one attached hydrogen (secondary N) is 2. The number of carbonyl (C=O) groups excluding carboxylic acids is 1. The van der Waals surface area contributed by atoms with E-state index in [4.69, 9.17) is 0 Å². The minimum absolute atomic E-state index is 0. The van der Waals surface area contributed by atoms with E-state index in [1.165, 1.54) is 0 Å². The average Bonchev–Trinajstić information content (AvgIpc) is 2.90. The maximum Gasteiger partial charge on any atom is 0.235 e. The Bertz CT molecular complexity index is 619. The van der Waals surface area contributed by atoms with Gasteiger partial charge in [-0.2, -0.15) is 0 Å². The molecular weight excluding hydrogens is 404 g/mol. The molecule has 2 N–H and O–H groups in total. The predicted octanol–water partition coefficient (Wildman–Crippen LogP) is 1.90. The number of halogens is 2. The molecule has 0 radical (unpaired) electrons. The molecule has 5 nitrogen and oxygen atoms in total. The Morgan fingerprint density at radius 1 is 1.39 bits per heavy atom. The zero-order chi connectivity index (χ0) is 16.0. The van der Waals surface area contributed by atoms with Crippen LogP contribution in [0.4, 0.5) is 0 Å². The van der Waals surface area contributed by atoms with E-state index in [2.05, 4.69) is 26.6 Å². The van der Waals surface area contributed by atoms with Crippen molar-refractivity contribution in [3.63, 3.8) is 0 Å². The van der Waals surface area contributed by atoms with Gasteiger partial charge >= 0.3 is 0 Å². The molecule has 1 fully saturated rings. The molecule has 0 aromatic heterocycles. The minimum Gasteiger partial charge on any atom is -0.355 e. The molecule has 130 valence electrons. The van der Waals surface area contributed by atoms with Crippen molar-refractivity contribution in [1.82, 2.24) is 10.6 Å². The van der Waals surface area contributed by atoms with E-state index in [9.17, 15) is 13.2 Å². The number of hydrogen-bond donors (Lipinski definition) is 2. The van der Waals surface area contributed by atoms with Crippen molar-refractivity contribution in [3.05, 3.63) is 34.3 Å². The van der Waals surface area contributed by atoms with Crippen LogP contribution < -0.4 is 10.6 Å². The first kappa shape index (κ1) is 20.4. The van der Waals surface area contributed by atoms with Crippen LogP contribution >= 0.6 is 28.3 Å². The molecule has 0 saturated carbocycles. The van der Waals surface area contributed by atoms with Crippen LogP contribution in [0.3, 0.4) is 0 Å². The first-order valence-electron chi connectivity index (χ1n) is 7.37. The molecule has 0 aliphatic carbocycles. The van der Waals surface area contributed by atoms with Crippen LogP contribution in [0.2, 0.25) is 0 Å². The lowest BCUT2D eigenvalue weighted by molar-refractivity contribution is -0.118. The summed E-state index contributed by atoms with van der Waals surface area (Å²) in [5.74, 6) is -0.408. The van der Waals surface area contributed by atoms with Gasteiger partial charge in [0.25, 0.3) is 0 Å². The largest absolute Gasteiger partial charge is 0.355 e. The minimum atomic E-state index is -3.45. The molecule has 1 atom stereocenters. The Hall–Kier alpha value is -0.630. The topological polar surface area (TPSA) is 75.3 Å². The van der Waals surface area contributed by atoms with Gasteiger partial charge in [-0.1, -0.05) is 28.1 Å². The van der Waals surface area contributed by atoms with Gasteiger partial charge in [0, 0.05) is 11.0 Å². The third-order valence-electron chi connectivity index (χ3n) is 3.66. The molecule has 8 heteroatoms. The van der Waals surface area contributed by atoms with Crippen LogP contribution in [0.1, 0.15) is 18.4 Å². The van der Waals surface area contributed by atoms with Crippen molar-refractivity contribution in [2.45, 2.75) is 18.6 Å². The number of benzene rings is 1. The van der Waals surface area contributed by atoms with E-state index in [1.54, 1.807) is 18.2 Å². The second-order valence-corrected chi connectivity index (χ2v) is 8.64. The molecule has 23 heavy (non-hydrogen) atoms. The van der Waals surface area contributed by atoms with Gasteiger partial charge in [-0.05, 0) is 49.5 Å². The first-order valence-corrected chi connectivity index (χ1v) is 9.98. The number of hydrogen-bond acceptors (Lipinski definition) is 4. The molecule has 1 aromatic rings. The number of sulfone groups is 1. The quantitative estimate of drug-likeness (QED) is 0.700. The Balaban J connectivity index is 0.00000264. The monoisotopic (exact) mass is 424 g/mol. The van der Waals surface area contributed by atoms with Crippen molar-refractivity contribution in [3.8, 4) is 0 Å². The number of carbonyl (C=O) groups is 1. The predicted molar refractivity (Wildman–Crippen MR) is 97.5 cm³/mol. The Morgan fingerprint density at radius 2 is 2.17 bits per heavy atom. The summed E-state index contributed by atoms with van der Waals surface area (Å²) >= 11 is 3.31. The Kier molecular flexibility index (Phi) is 8.53. The third kappa shape index (κ3) is 7.65. The van der Waals surface area contributed by atoms with Crippen LogP contribution in [-0.4, -0.2) is 39.7 Å². The summed E-state index contributed by atoms with van der Waals surface area (Å²) in [6.45, 7) is 2.55. The fourth-order valence-corrected chi connectivity index (χ4v) is 4.30. The number of amides is 1. The van der Waals surface area contributed by atoms with E-state index in [-0.39, 0.29) is 18.2 Å². The van der Waals surface area contributed by atoms with E-state index >= 15 is 0 Å². The normalized spacial score (nSPS) is 17.5. The molecule has 1 aliphatic heterocycles. The standard InChI is InChI=1S/C15H21BrN2O3S.ClH/c16-14-3-1-2-13(8-14)10-22(20,21)11-15(19)18-7-5-12-4-6-17-9-12;/h1-3,8,12,17H,4-7,9-11H2,(H,18,19);1H. The number of rotatable bonds is 7. The van der Waals surface area contributed by atoms with Crippen molar-refractivity contribution >= 4 is 44.1 Å². The molecule has 1 saturated heterocycles. The maximum absolute atomic E-state index is 12.1. The van der Waals surface area contributed by atoms with Gasteiger partial charge < -0.3 is 10.6 Å². The highest BCUT2D eigenvalue weighted by Crippen LogP contribution is 2.14. The van der Waals surface area contributed by atoms with Crippen LogP contribution in [-0.2, 0) is 20.4 Å². The van der Waals surface area contributed by atoms with Gasteiger partial charge in [-0.25, -0.2) is 8.42 Å². The molecule has 1 aliphatic rings. The van der Waals surface area contributed by atoms with E-state index in [0.29, 0.717) is 18.0 Å². The van der Waals surface area contributed by atoms with Gasteiger partial charge in [0.1, 0.15) is 5.75 Å². The highest BCUT2D eigenvalue weighted by Gasteiger charge is 2.18. The van der Waals surface area contributed by atoms with Gasteiger partial charge in [0.05, 0.1) is 5.75 Å². The summed E-state index contributed by atoms with van der Waals surface area (Å²) in [6.07, 6.45) is 2.02. The third-order valence-corrected chi connectivity index (χ3v) is 5.63. The Morgan fingerprint density at radius 3 is 2.83 bits per heavy atom. The van der Waals surface area contributed by atoms with Crippen LogP contribution in [0.5, 0.6) is 0 Å². The second-order valence-electron chi connectivity index (χ2n) is 5.66. The zero-order valence-electron chi connectivity index (χ0n) is 12.8. The van der Waals surface area contributed by atoms with E-state index < -0.39 is 21.5 Å². The summed E-state index contributed by atoms with van der Waals surface area (Å²) in [6, 6.07) is 7.11. The summed E-state index contributed by atoms with van der Waals surface area (Å²) in [5.41, 5.74) is 0.680. The fraction of sp³-hybridized carbons (Fsp3) is 0.533. The van der Waals surface area contributed by atoms with E-state index in [1.807, 2.05) is 6.07 Å². The average molecular weight is 426 g/mol. The zero-order valence-corrected chi connectivity index (χ0v) is 16.0. The lowest BCUT2D eigenvalue weighted by Gasteiger charge is -2.10. The van der Waals surface area contributed by atoms with Crippen LogP contribution in [0.15, 0.2) is 28.7 Å². The molecule has 1 unspecified atom stereocenters. The summed E-state index contributed by atoms with van der Waals surface area (Å²) in [4.78, 5) is 11.8. The molecule has 1 amide bonds. The van der Waals surface area contributed by atoms with Gasteiger partial charge in [0.15, 0.2) is 9.84 Å². The lowest BCUT2D eigenvalue weighted by Crippen LogP contribution is -2.32. The fourth-order valence-electron chi connectivity index (χ4n) is 2.56. The molecule has 1 heterocycles. The lowest BCUT2D eigenvalue weighted by atomic mass is 10.1.